The maximum atomic E-state index is 13.6. The normalized spacial score (nSPS) is 18.8. The first-order valence-corrected chi connectivity index (χ1v) is 11.7. The van der Waals surface area contributed by atoms with Crippen molar-refractivity contribution in [3.8, 4) is 0 Å². The number of aromatic nitrogens is 4. The van der Waals surface area contributed by atoms with Gasteiger partial charge in [0.05, 0.1) is 35.3 Å². The van der Waals surface area contributed by atoms with E-state index in [1.54, 1.807) is 12.4 Å². The summed E-state index contributed by atoms with van der Waals surface area (Å²) in [5.74, 6) is 0.946. The molecule has 3 aromatic heterocycles. The Morgan fingerprint density at radius 1 is 1.15 bits per heavy atom. The first-order valence-electron chi connectivity index (χ1n) is 11.7. The Labute approximate surface area is 195 Å². The largest absolute Gasteiger partial charge is 0.379 e. The van der Waals surface area contributed by atoms with Crippen LogP contribution in [0.15, 0.2) is 47.5 Å². The van der Waals surface area contributed by atoms with Crippen LogP contribution in [0.2, 0.25) is 0 Å². The molecule has 6 rings (SSSR count). The van der Waals surface area contributed by atoms with Gasteiger partial charge in [-0.1, -0.05) is 6.07 Å². The van der Waals surface area contributed by atoms with Gasteiger partial charge in [0.1, 0.15) is 5.82 Å². The van der Waals surface area contributed by atoms with E-state index in [-0.39, 0.29) is 17.5 Å². The molecule has 0 radical (unpaired) electrons. The minimum atomic E-state index is -0.170. The number of amides is 1. The number of rotatable bonds is 3. The molecule has 1 amide bonds. The number of nitrogens with one attached hydrogen (secondary N) is 1. The number of anilines is 1. The summed E-state index contributed by atoms with van der Waals surface area (Å²) in [6.07, 6.45) is 4.26. The Morgan fingerprint density at radius 3 is 2.74 bits per heavy atom. The van der Waals surface area contributed by atoms with Crippen molar-refractivity contribution in [3.05, 3.63) is 64.2 Å². The maximum absolute atomic E-state index is 13.6. The predicted molar refractivity (Wildman–Crippen MR) is 129 cm³/mol. The maximum Gasteiger partial charge on any atom is 0.259 e. The molecule has 2 fully saturated rings. The van der Waals surface area contributed by atoms with Crippen LogP contribution in [0.4, 0.5) is 5.82 Å². The molecular formula is C25H26N6O3. The molecule has 1 atom stereocenters. The molecule has 1 aromatic carbocycles. The predicted octanol–water partition coefficient (Wildman–Crippen LogP) is 2.51. The van der Waals surface area contributed by atoms with E-state index in [4.69, 9.17) is 4.74 Å². The average molecular weight is 459 g/mol. The molecular weight excluding hydrogens is 432 g/mol. The third-order valence-electron chi connectivity index (χ3n) is 6.93. The molecule has 9 nitrogen and oxygen atoms in total. The molecule has 2 aliphatic rings. The third kappa shape index (κ3) is 3.43. The van der Waals surface area contributed by atoms with Crippen LogP contribution >= 0.6 is 0 Å². The van der Waals surface area contributed by atoms with E-state index >= 15 is 0 Å². The SMILES string of the molecule is Cc1cc2[nH]c(=O)c3cnn([C@H]4CCOC4)c3c2cc1C(=O)N1CCN(c2ccccn2)CC1. The van der Waals surface area contributed by atoms with Gasteiger partial charge < -0.3 is 19.5 Å². The van der Waals surface area contributed by atoms with Gasteiger partial charge in [0.2, 0.25) is 0 Å². The summed E-state index contributed by atoms with van der Waals surface area (Å²) < 4.78 is 7.46. The Hall–Kier alpha value is -3.72. The minimum absolute atomic E-state index is 0.00897. The van der Waals surface area contributed by atoms with Crippen LogP contribution < -0.4 is 10.5 Å². The minimum Gasteiger partial charge on any atom is -0.379 e. The van der Waals surface area contributed by atoms with Gasteiger partial charge in [-0.2, -0.15) is 5.10 Å². The Balaban J connectivity index is 1.36. The lowest BCUT2D eigenvalue weighted by Crippen LogP contribution is -2.49. The number of hydrogen-bond acceptors (Lipinski definition) is 6. The molecule has 2 saturated heterocycles. The number of aromatic amines is 1. The molecule has 0 bridgehead atoms. The van der Waals surface area contributed by atoms with Crippen molar-refractivity contribution < 1.29 is 9.53 Å². The van der Waals surface area contributed by atoms with Crippen LogP contribution in [0.3, 0.4) is 0 Å². The summed E-state index contributed by atoms with van der Waals surface area (Å²) in [6, 6.07) is 9.78. The Kier molecular flexibility index (Phi) is 5.06. The van der Waals surface area contributed by atoms with Crippen molar-refractivity contribution in [2.45, 2.75) is 19.4 Å². The second-order valence-electron chi connectivity index (χ2n) is 9.00. The highest BCUT2D eigenvalue weighted by Crippen LogP contribution is 2.29. The van der Waals surface area contributed by atoms with Crippen LogP contribution in [-0.2, 0) is 4.74 Å². The van der Waals surface area contributed by atoms with Crippen LogP contribution in [0.25, 0.3) is 21.8 Å². The molecule has 1 N–H and O–H groups in total. The van der Waals surface area contributed by atoms with Crippen molar-refractivity contribution in [1.29, 1.82) is 0 Å². The molecule has 5 heterocycles. The third-order valence-corrected chi connectivity index (χ3v) is 6.93. The fourth-order valence-electron chi connectivity index (χ4n) is 5.07. The number of piperazine rings is 1. The summed E-state index contributed by atoms with van der Waals surface area (Å²) in [7, 11) is 0. The topological polar surface area (TPSA) is 96.3 Å². The van der Waals surface area contributed by atoms with Crippen molar-refractivity contribution >= 4 is 33.5 Å². The Morgan fingerprint density at radius 2 is 2.00 bits per heavy atom. The quantitative estimate of drug-likeness (QED) is 0.507. The lowest BCUT2D eigenvalue weighted by atomic mass is 10.0. The summed E-state index contributed by atoms with van der Waals surface area (Å²) in [5, 5.41) is 5.89. The second-order valence-corrected chi connectivity index (χ2v) is 9.00. The lowest BCUT2D eigenvalue weighted by molar-refractivity contribution is 0.0746. The van der Waals surface area contributed by atoms with Crippen LogP contribution in [-0.4, -0.2) is 69.9 Å². The van der Waals surface area contributed by atoms with Crippen molar-refractivity contribution in [2.75, 3.05) is 44.3 Å². The number of hydrogen-bond donors (Lipinski definition) is 1. The number of H-pyrrole nitrogens is 1. The van der Waals surface area contributed by atoms with E-state index in [2.05, 4.69) is 20.0 Å². The van der Waals surface area contributed by atoms with Crippen LogP contribution in [0.5, 0.6) is 0 Å². The number of pyridine rings is 2. The van der Waals surface area contributed by atoms with Gasteiger partial charge in [-0.05, 0) is 43.2 Å². The summed E-state index contributed by atoms with van der Waals surface area (Å²) in [6.45, 7) is 5.91. The highest BCUT2D eigenvalue weighted by atomic mass is 16.5. The Bertz CT molecular complexity index is 1430. The molecule has 9 heteroatoms. The number of benzene rings is 1. The monoisotopic (exact) mass is 458 g/mol. The first-order chi connectivity index (χ1) is 16.6. The zero-order chi connectivity index (χ0) is 23.2. The van der Waals surface area contributed by atoms with Gasteiger partial charge >= 0.3 is 0 Å². The van der Waals surface area contributed by atoms with Gasteiger partial charge in [-0.25, -0.2) is 4.98 Å². The second kappa shape index (κ2) is 8.25. The van der Waals surface area contributed by atoms with Crippen molar-refractivity contribution in [2.24, 2.45) is 0 Å². The lowest BCUT2D eigenvalue weighted by Gasteiger charge is -2.35. The molecule has 0 unspecified atom stereocenters. The number of aryl methyl sites for hydroxylation is 1. The number of ether oxygens (including phenoxy) is 1. The van der Waals surface area contributed by atoms with E-state index in [0.29, 0.717) is 42.8 Å². The number of fused-ring (bicyclic) bond motifs is 3. The van der Waals surface area contributed by atoms with E-state index in [1.165, 1.54) is 0 Å². The summed E-state index contributed by atoms with van der Waals surface area (Å²) in [5.41, 5.74) is 2.81. The molecule has 174 valence electrons. The van der Waals surface area contributed by atoms with Crippen molar-refractivity contribution in [1.82, 2.24) is 24.6 Å². The fraction of sp³-hybridized carbons (Fsp3) is 0.360. The molecule has 0 spiro atoms. The highest BCUT2D eigenvalue weighted by molar-refractivity contribution is 6.07. The van der Waals surface area contributed by atoms with E-state index < -0.39 is 0 Å². The van der Waals surface area contributed by atoms with Gasteiger partial charge in [-0.3, -0.25) is 14.3 Å². The molecule has 2 aliphatic heterocycles. The summed E-state index contributed by atoms with van der Waals surface area (Å²) >= 11 is 0. The number of carbonyl (C=O) groups excluding carboxylic acids is 1. The molecule has 0 aliphatic carbocycles. The van der Waals surface area contributed by atoms with Crippen molar-refractivity contribution in [3.63, 3.8) is 0 Å². The zero-order valence-electron chi connectivity index (χ0n) is 19.0. The van der Waals surface area contributed by atoms with Crippen LogP contribution in [0.1, 0.15) is 28.4 Å². The zero-order valence-corrected chi connectivity index (χ0v) is 19.0. The van der Waals surface area contributed by atoms with Gasteiger partial charge in [0.25, 0.3) is 11.5 Å². The van der Waals surface area contributed by atoms with Crippen LogP contribution in [0, 0.1) is 6.92 Å². The van der Waals surface area contributed by atoms with Gasteiger partial charge in [0.15, 0.2) is 0 Å². The van der Waals surface area contributed by atoms with Gasteiger partial charge in [-0.15, -0.1) is 0 Å². The smallest absolute Gasteiger partial charge is 0.259 e. The van der Waals surface area contributed by atoms with Gasteiger partial charge in [0, 0.05) is 49.9 Å². The number of carbonyl (C=O) groups is 1. The molecule has 4 aromatic rings. The van der Waals surface area contributed by atoms with E-state index in [0.717, 1.165) is 41.8 Å². The highest BCUT2D eigenvalue weighted by Gasteiger charge is 2.26. The average Bonchev–Trinajstić information content (AvgIpc) is 3.55. The first kappa shape index (κ1) is 20.9. The number of nitrogens with zero attached hydrogens (tertiary/aromatic N) is 5. The molecule has 0 saturated carbocycles. The standard InChI is InChI=1S/C25H26N6O3/c1-16-12-21-19(23-20(24(32)28-21)14-27-31(23)17-5-11-34-15-17)13-18(16)25(33)30-9-7-29(8-10-30)22-4-2-3-6-26-22/h2-4,6,12-14,17H,5,7-11,15H2,1H3,(H,28,32)/t17-/m0/s1. The fourth-order valence-corrected chi connectivity index (χ4v) is 5.07. The molecule has 34 heavy (non-hydrogen) atoms. The van der Waals surface area contributed by atoms with E-state index in [1.807, 2.05) is 46.8 Å². The van der Waals surface area contributed by atoms with E-state index in [9.17, 15) is 9.59 Å². The summed E-state index contributed by atoms with van der Waals surface area (Å²) in [4.78, 5) is 37.8.